The van der Waals surface area contributed by atoms with E-state index in [9.17, 15) is 0 Å². The van der Waals surface area contributed by atoms with Crippen molar-refractivity contribution in [2.75, 3.05) is 6.54 Å². The maximum atomic E-state index is 5.54. The minimum atomic E-state index is 0.649. The molecule has 0 amide bonds. The van der Waals surface area contributed by atoms with Crippen LogP contribution in [0, 0.1) is 6.92 Å². The van der Waals surface area contributed by atoms with Crippen molar-refractivity contribution in [3.05, 3.63) is 29.6 Å². The third-order valence-corrected chi connectivity index (χ3v) is 2.57. The largest absolute Gasteiger partial charge is 0.331 e. The minimum Gasteiger partial charge on any atom is -0.331 e. The van der Waals surface area contributed by atoms with Crippen LogP contribution in [-0.4, -0.2) is 16.1 Å². The lowest BCUT2D eigenvalue weighted by Gasteiger charge is -1.99. The number of nitrogens with two attached hydrogens (primary N) is 1. The Balaban J connectivity index is 2.67. The smallest absolute Gasteiger partial charge is 0.110 e. The summed E-state index contributed by atoms with van der Waals surface area (Å²) in [4.78, 5) is 4.58. The summed E-state index contributed by atoms with van der Waals surface area (Å²) < 4.78 is 2.12. The van der Waals surface area contributed by atoms with E-state index in [-0.39, 0.29) is 0 Å². The number of aromatic nitrogens is 2. The van der Waals surface area contributed by atoms with E-state index in [4.69, 9.17) is 5.73 Å². The lowest BCUT2D eigenvalue weighted by atomic mass is 10.2. The van der Waals surface area contributed by atoms with Gasteiger partial charge in [-0.25, -0.2) is 4.98 Å². The van der Waals surface area contributed by atoms with Gasteiger partial charge in [0.25, 0.3) is 0 Å². The van der Waals surface area contributed by atoms with Gasteiger partial charge in [-0.15, -0.1) is 0 Å². The summed E-state index contributed by atoms with van der Waals surface area (Å²) >= 11 is 0. The van der Waals surface area contributed by atoms with Crippen LogP contribution in [0.15, 0.2) is 18.2 Å². The van der Waals surface area contributed by atoms with Crippen molar-refractivity contribution in [2.45, 2.75) is 13.3 Å². The summed E-state index contributed by atoms with van der Waals surface area (Å²) in [5.74, 6) is 1.07. The molecular weight excluding hydrogens is 174 g/mol. The first-order chi connectivity index (χ1) is 6.74. The molecule has 0 saturated heterocycles. The van der Waals surface area contributed by atoms with Gasteiger partial charge in [-0.3, -0.25) is 0 Å². The Bertz CT molecular complexity index is 457. The van der Waals surface area contributed by atoms with Gasteiger partial charge in [0.1, 0.15) is 5.82 Å². The molecule has 0 unspecified atom stereocenters. The molecule has 0 saturated carbocycles. The molecule has 3 nitrogen and oxygen atoms in total. The van der Waals surface area contributed by atoms with Gasteiger partial charge >= 0.3 is 0 Å². The summed E-state index contributed by atoms with van der Waals surface area (Å²) in [5.41, 5.74) is 9.04. The quantitative estimate of drug-likeness (QED) is 0.775. The molecule has 1 aromatic carbocycles. The van der Waals surface area contributed by atoms with Crippen LogP contribution in [0.5, 0.6) is 0 Å². The standard InChI is InChI=1S/C11H15N3/c1-8-4-3-5-9-11(8)13-10(6-7-12)14(9)2/h3-5H,6-7,12H2,1-2H3. The zero-order valence-electron chi connectivity index (χ0n) is 8.62. The normalized spacial score (nSPS) is 11.1. The van der Waals surface area contributed by atoms with Gasteiger partial charge in [0, 0.05) is 13.5 Å². The third-order valence-electron chi connectivity index (χ3n) is 2.57. The van der Waals surface area contributed by atoms with Gasteiger partial charge in [-0.1, -0.05) is 12.1 Å². The summed E-state index contributed by atoms with van der Waals surface area (Å²) in [5, 5.41) is 0. The molecule has 3 heteroatoms. The van der Waals surface area contributed by atoms with E-state index < -0.39 is 0 Å². The fourth-order valence-corrected chi connectivity index (χ4v) is 1.76. The molecule has 2 aromatic rings. The molecular formula is C11H15N3. The van der Waals surface area contributed by atoms with E-state index in [2.05, 4.69) is 34.7 Å². The summed E-state index contributed by atoms with van der Waals surface area (Å²) in [7, 11) is 2.04. The molecule has 0 aliphatic carbocycles. The van der Waals surface area contributed by atoms with E-state index in [1.807, 2.05) is 7.05 Å². The molecule has 74 valence electrons. The molecule has 0 aliphatic rings. The first kappa shape index (κ1) is 9.21. The number of fused-ring (bicyclic) bond motifs is 1. The fourth-order valence-electron chi connectivity index (χ4n) is 1.76. The van der Waals surface area contributed by atoms with E-state index in [0.717, 1.165) is 17.8 Å². The van der Waals surface area contributed by atoms with Gasteiger partial charge in [0.05, 0.1) is 11.0 Å². The Morgan fingerprint density at radius 3 is 2.86 bits per heavy atom. The minimum absolute atomic E-state index is 0.649. The number of para-hydroxylation sites is 1. The highest BCUT2D eigenvalue weighted by molar-refractivity contribution is 5.79. The highest BCUT2D eigenvalue weighted by Crippen LogP contribution is 2.18. The van der Waals surface area contributed by atoms with Crippen molar-refractivity contribution in [1.82, 2.24) is 9.55 Å². The topological polar surface area (TPSA) is 43.8 Å². The third kappa shape index (κ3) is 1.30. The highest BCUT2D eigenvalue weighted by atomic mass is 15.1. The number of benzene rings is 1. The van der Waals surface area contributed by atoms with Crippen LogP contribution >= 0.6 is 0 Å². The first-order valence-electron chi connectivity index (χ1n) is 4.85. The Hall–Kier alpha value is -1.35. The number of aryl methyl sites for hydroxylation is 2. The van der Waals surface area contributed by atoms with Crippen LogP contribution in [0.1, 0.15) is 11.4 Å². The van der Waals surface area contributed by atoms with Crippen LogP contribution < -0.4 is 5.73 Å². The first-order valence-corrected chi connectivity index (χ1v) is 4.85. The van der Waals surface area contributed by atoms with E-state index in [1.165, 1.54) is 11.1 Å². The summed E-state index contributed by atoms with van der Waals surface area (Å²) in [6.45, 7) is 2.73. The average molecular weight is 189 g/mol. The number of hydrogen-bond acceptors (Lipinski definition) is 2. The maximum absolute atomic E-state index is 5.54. The van der Waals surface area contributed by atoms with Gasteiger partial charge < -0.3 is 10.3 Å². The van der Waals surface area contributed by atoms with Crippen LogP contribution in [0.4, 0.5) is 0 Å². The SMILES string of the molecule is Cc1cccc2c1nc(CCN)n2C. The zero-order valence-corrected chi connectivity index (χ0v) is 8.62. The second-order valence-corrected chi connectivity index (χ2v) is 3.57. The molecule has 1 heterocycles. The Morgan fingerprint density at radius 1 is 1.43 bits per heavy atom. The molecule has 14 heavy (non-hydrogen) atoms. The van der Waals surface area contributed by atoms with Crippen molar-refractivity contribution < 1.29 is 0 Å². The van der Waals surface area contributed by atoms with Gasteiger partial charge in [0.2, 0.25) is 0 Å². The molecule has 0 spiro atoms. The lowest BCUT2D eigenvalue weighted by molar-refractivity contribution is 0.794. The van der Waals surface area contributed by atoms with Crippen molar-refractivity contribution >= 4 is 11.0 Å². The van der Waals surface area contributed by atoms with Crippen molar-refractivity contribution in [1.29, 1.82) is 0 Å². The molecule has 0 aliphatic heterocycles. The Kier molecular flexibility index (Phi) is 2.25. The number of imidazole rings is 1. The predicted octanol–water partition coefficient (Wildman–Crippen LogP) is 1.38. The van der Waals surface area contributed by atoms with Gasteiger partial charge in [0.15, 0.2) is 0 Å². The Labute approximate surface area is 83.6 Å². The second-order valence-electron chi connectivity index (χ2n) is 3.57. The molecule has 0 bridgehead atoms. The van der Waals surface area contributed by atoms with Crippen LogP contribution in [-0.2, 0) is 13.5 Å². The summed E-state index contributed by atoms with van der Waals surface area (Å²) in [6, 6.07) is 6.24. The van der Waals surface area contributed by atoms with Crippen molar-refractivity contribution in [3.8, 4) is 0 Å². The zero-order chi connectivity index (χ0) is 10.1. The molecule has 0 radical (unpaired) electrons. The van der Waals surface area contributed by atoms with Crippen molar-refractivity contribution in [2.24, 2.45) is 12.8 Å². The second kappa shape index (κ2) is 3.42. The van der Waals surface area contributed by atoms with E-state index in [0.29, 0.717) is 6.54 Å². The van der Waals surface area contributed by atoms with Crippen molar-refractivity contribution in [3.63, 3.8) is 0 Å². The van der Waals surface area contributed by atoms with Gasteiger partial charge in [-0.2, -0.15) is 0 Å². The summed E-state index contributed by atoms with van der Waals surface area (Å²) in [6.07, 6.45) is 0.838. The van der Waals surface area contributed by atoms with Crippen LogP contribution in [0.2, 0.25) is 0 Å². The van der Waals surface area contributed by atoms with E-state index in [1.54, 1.807) is 0 Å². The number of nitrogens with zero attached hydrogens (tertiary/aromatic N) is 2. The molecule has 0 atom stereocenters. The number of rotatable bonds is 2. The lowest BCUT2D eigenvalue weighted by Crippen LogP contribution is -2.07. The Morgan fingerprint density at radius 2 is 2.21 bits per heavy atom. The van der Waals surface area contributed by atoms with Gasteiger partial charge in [-0.05, 0) is 25.1 Å². The monoisotopic (exact) mass is 189 g/mol. The molecule has 0 fully saturated rings. The fraction of sp³-hybridized carbons (Fsp3) is 0.364. The maximum Gasteiger partial charge on any atom is 0.110 e. The molecule has 2 rings (SSSR count). The molecule has 2 N–H and O–H groups in total. The average Bonchev–Trinajstić information content (AvgIpc) is 2.48. The van der Waals surface area contributed by atoms with Crippen LogP contribution in [0.3, 0.4) is 0 Å². The highest BCUT2D eigenvalue weighted by Gasteiger charge is 2.07. The van der Waals surface area contributed by atoms with Crippen LogP contribution in [0.25, 0.3) is 11.0 Å². The van der Waals surface area contributed by atoms with E-state index >= 15 is 0 Å². The molecule has 1 aromatic heterocycles. The predicted molar refractivity (Wildman–Crippen MR) is 58.2 cm³/mol. The number of hydrogen-bond donors (Lipinski definition) is 1.